The lowest BCUT2D eigenvalue weighted by molar-refractivity contribution is 0.216. The summed E-state index contributed by atoms with van der Waals surface area (Å²) < 4.78 is 12.2. The summed E-state index contributed by atoms with van der Waals surface area (Å²) in [5, 5.41) is 11.2. The van der Waals surface area contributed by atoms with E-state index in [2.05, 4.69) is 34.1 Å². The van der Waals surface area contributed by atoms with Crippen LogP contribution in [0.5, 0.6) is 11.5 Å². The van der Waals surface area contributed by atoms with Gasteiger partial charge in [0.15, 0.2) is 0 Å². The van der Waals surface area contributed by atoms with Gasteiger partial charge < -0.3 is 9.47 Å². The summed E-state index contributed by atoms with van der Waals surface area (Å²) in [5.74, 6) is 1.53. The zero-order valence-corrected chi connectivity index (χ0v) is 13.9. The van der Waals surface area contributed by atoms with Crippen LogP contribution in [0.4, 0.5) is 0 Å². The molecule has 0 heterocycles. The minimum absolute atomic E-state index is 0.428. The van der Waals surface area contributed by atoms with E-state index < -0.39 is 0 Å². The van der Waals surface area contributed by atoms with E-state index in [-0.39, 0.29) is 0 Å². The number of halogens is 1. The van der Waals surface area contributed by atoms with Crippen LogP contribution in [0.25, 0.3) is 10.8 Å². The molecule has 0 aliphatic rings. The molecular formula is C19H14BrNO2. The van der Waals surface area contributed by atoms with E-state index in [9.17, 15) is 0 Å². The molecule has 3 nitrogen and oxygen atoms in total. The molecule has 0 unspecified atom stereocenters. The van der Waals surface area contributed by atoms with Crippen molar-refractivity contribution in [1.82, 2.24) is 0 Å². The Labute approximate surface area is 143 Å². The number of ether oxygens (including phenoxy) is 2. The zero-order valence-electron chi connectivity index (χ0n) is 12.3. The van der Waals surface area contributed by atoms with Gasteiger partial charge in [-0.15, -0.1) is 0 Å². The molecule has 0 saturated carbocycles. The SMILES string of the molecule is N#Cc1ccc(OCCOc2ccc3ccccc3c2)c(Br)c1. The average Bonchev–Trinajstić information content (AvgIpc) is 2.59. The Balaban J connectivity index is 1.56. The van der Waals surface area contributed by atoms with Crippen LogP contribution in [0.3, 0.4) is 0 Å². The second-order valence-electron chi connectivity index (χ2n) is 4.96. The Hall–Kier alpha value is -2.51. The van der Waals surface area contributed by atoms with Crippen LogP contribution in [-0.4, -0.2) is 13.2 Å². The highest BCUT2D eigenvalue weighted by Crippen LogP contribution is 2.26. The molecule has 23 heavy (non-hydrogen) atoms. The van der Waals surface area contributed by atoms with Crippen LogP contribution in [0.1, 0.15) is 5.56 Å². The molecule has 4 heteroatoms. The van der Waals surface area contributed by atoms with Crippen LogP contribution in [0.2, 0.25) is 0 Å². The second kappa shape index (κ2) is 7.17. The van der Waals surface area contributed by atoms with Gasteiger partial charge in [-0.1, -0.05) is 30.3 Å². The number of fused-ring (bicyclic) bond motifs is 1. The number of hydrogen-bond acceptors (Lipinski definition) is 3. The molecule has 3 rings (SSSR count). The van der Waals surface area contributed by atoms with Crippen LogP contribution < -0.4 is 9.47 Å². The lowest BCUT2D eigenvalue weighted by Crippen LogP contribution is -2.09. The smallest absolute Gasteiger partial charge is 0.133 e. The Morgan fingerprint density at radius 2 is 1.65 bits per heavy atom. The summed E-state index contributed by atoms with van der Waals surface area (Å²) in [6.45, 7) is 0.877. The second-order valence-corrected chi connectivity index (χ2v) is 5.82. The molecule has 0 spiro atoms. The number of benzene rings is 3. The highest BCUT2D eigenvalue weighted by molar-refractivity contribution is 9.10. The molecule has 0 radical (unpaired) electrons. The summed E-state index contributed by atoms with van der Waals surface area (Å²) in [7, 11) is 0. The summed E-state index contributed by atoms with van der Waals surface area (Å²) in [5.41, 5.74) is 0.594. The normalized spacial score (nSPS) is 10.3. The lowest BCUT2D eigenvalue weighted by Gasteiger charge is -2.10. The largest absolute Gasteiger partial charge is 0.490 e. The quantitative estimate of drug-likeness (QED) is 0.600. The van der Waals surface area contributed by atoms with E-state index >= 15 is 0 Å². The van der Waals surface area contributed by atoms with Gasteiger partial charge in [-0.25, -0.2) is 0 Å². The first-order valence-electron chi connectivity index (χ1n) is 7.20. The van der Waals surface area contributed by atoms with Gasteiger partial charge in [0.25, 0.3) is 0 Å². The fourth-order valence-electron chi connectivity index (χ4n) is 2.26. The van der Waals surface area contributed by atoms with Crippen molar-refractivity contribution in [2.24, 2.45) is 0 Å². The molecule has 0 fully saturated rings. The van der Waals surface area contributed by atoms with Gasteiger partial charge >= 0.3 is 0 Å². The highest BCUT2D eigenvalue weighted by Gasteiger charge is 2.03. The summed E-state index contributed by atoms with van der Waals surface area (Å²) in [6, 6.07) is 21.5. The van der Waals surface area contributed by atoms with Crippen LogP contribution in [-0.2, 0) is 0 Å². The fourth-order valence-corrected chi connectivity index (χ4v) is 2.75. The van der Waals surface area contributed by atoms with Crippen molar-refractivity contribution in [2.75, 3.05) is 13.2 Å². The predicted molar refractivity (Wildman–Crippen MR) is 93.8 cm³/mol. The monoisotopic (exact) mass is 367 g/mol. The standard InChI is InChI=1S/C19H14BrNO2/c20-18-11-14(13-21)5-8-19(18)23-10-9-22-17-7-6-15-3-1-2-4-16(15)12-17/h1-8,11-12H,9-10H2. The third-order valence-electron chi connectivity index (χ3n) is 3.39. The minimum atomic E-state index is 0.428. The van der Waals surface area contributed by atoms with Gasteiger partial charge in [0.1, 0.15) is 24.7 Å². The maximum Gasteiger partial charge on any atom is 0.133 e. The Morgan fingerprint density at radius 1 is 0.870 bits per heavy atom. The van der Waals surface area contributed by atoms with E-state index in [0.717, 1.165) is 15.6 Å². The minimum Gasteiger partial charge on any atom is -0.490 e. The third-order valence-corrected chi connectivity index (χ3v) is 4.01. The first-order valence-corrected chi connectivity index (χ1v) is 7.99. The van der Waals surface area contributed by atoms with E-state index in [0.29, 0.717) is 24.5 Å². The van der Waals surface area contributed by atoms with Gasteiger partial charge in [0, 0.05) is 0 Å². The van der Waals surface area contributed by atoms with Crippen molar-refractivity contribution < 1.29 is 9.47 Å². The molecule has 0 aliphatic heterocycles. The van der Waals surface area contributed by atoms with E-state index in [4.69, 9.17) is 14.7 Å². The average molecular weight is 368 g/mol. The van der Waals surface area contributed by atoms with E-state index in [1.54, 1.807) is 18.2 Å². The molecule has 0 atom stereocenters. The molecular weight excluding hydrogens is 354 g/mol. The zero-order chi connectivity index (χ0) is 16.1. The molecule has 0 bridgehead atoms. The molecule has 114 valence electrons. The fraction of sp³-hybridized carbons (Fsp3) is 0.105. The van der Waals surface area contributed by atoms with Gasteiger partial charge in [0.05, 0.1) is 16.1 Å². The number of rotatable bonds is 5. The third kappa shape index (κ3) is 3.82. The van der Waals surface area contributed by atoms with Crippen LogP contribution in [0, 0.1) is 11.3 Å². The highest BCUT2D eigenvalue weighted by atomic mass is 79.9. The molecule has 0 aliphatic carbocycles. The van der Waals surface area contributed by atoms with Crippen LogP contribution >= 0.6 is 15.9 Å². The first kappa shape index (κ1) is 15.4. The van der Waals surface area contributed by atoms with Gasteiger partial charge in [0.2, 0.25) is 0 Å². The van der Waals surface area contributed by atoms with Crippen molar-refractivity contribution in [3.8, 4) is 17.6 Å². The number of nitriles is 1. The van der Waals surface area contributed by atoms with Crippen molar-refractivity contribution in [2.45, 2.75) is 0 Å². The first-order chi connectivity index (χ1) is 11.3. The predicted octanol–water partition coefficient (Wildman–Crippen LogP) is 4.93. The maximum atomic E-state index is 8.84. The number of nitrogens with zero attached hydrogens (tertiary/aromatic N) is 1. The van der Waals surface area contributed by atoms with Gasteiger partial charge in [-0.05, 0) is 57.0 Å². The van der Waals surface area contributed by atoms with Crippen molar-refractivity contribution in [1.29, 1.82) is 5.26 Å². The van der Waals surface area contributed by atoms with Crippen LogP contribution in [0.15, 0.2) is 65.1 Å². The van der Waals surface area contributed by atoms with Crippen molar-refractivity contribution in [3.05, 3.63) is 70.7 Å². The molecule has 0 N–H and O–H groups in total. The Kier molecular flexibility index (Phi) is 4.80. The number of hydrogen-bond donors (Lipinski definition) is 0. The topological polar surface area (TPSA) is 42.2 Å². The molecule has 0 amide bonds. The van der Waals surface area contributed by atoms with Gasteiger partial charge in [-0.2, -0.15) is 5.26 Å². The molecule has 3 aromatic carbocycles. The molecule has 0 aromatic heterocycles. The maximum absolute atomic E-state index is 8.84. The van der Waals surface area contributed by atoms with E-state index in [1.807, 2.05) is 30.3 Å². The molecule has 3 aromatic rings. The van der Waals surface area contributed by atoms with Crippen molar-refractivity contribution >= 4 is 26.7 Å². The Bertz CT molecular complexity index is 871. The Morgan fingerprint density at radius 3 is 2.43 bits per heavy atom. The van der Waals surface area contributed by atoms with Gasteiger partial charge in [-0.3, -0.25) is 0 Å². The van der Waals surface area contributed by atoms with Crippen molar-refractivity contribution in [3.63, 3.8) is 0 Å². The summed E-state index contributed by atoms with van der Waals surface area (Å²) in [6.07, 6.45) is 0. The van der Waals surface area contributed by atoms with E-state index in [1.165, 1.54) is 5.39 Å². The lowest BCUT2D eigenvalue weighted by atomic mass is 10.1. The summed E-state index contributed by atoms with van der Waals surface area (Å²) >= 11 is 3.40. The summed E-state index contributed by atoms with van der Waals surface area (Å²) in [4.78, 5) is 0. The molecule has 0 saturated heterocycles.